The molecule has 0 spiro atoms. The van der Waals surface area contributed by atoms with Crippen LogP contribution in [0.2, 0.25) is 0 Å². The van der Waals surface area contributed by atoms with Crippen LogP contribution in [0.3, 0.4) is 0 Å². The Morgan fingerprint density at radius 1 is 1.38 bits per heavy atom. The maximum absolute atomic E-state index is 11.7. The number of halogens is 1. The molecule has 4 nitrogen and oxygen atoms in total. The zero-order valence-electron chi connectivity index (χ0n) is 9.50. The number of amides is 1. The average Bonchev–Trinajstić information content (AvgIpc) is 2.35. The van der Waals surface area contributed by atoms with Crippen LogP contribution < -0.4 is 5.32 Å². The lowest BCUT2D eigenvalue weighted by atomic mass is 9.82. The third-order valence-electron chi connectivity index (χ3n) is 3.06. The SMILES string of the molecule is COC(=O)NC(C(=O)CBr)C1CCCCC1. The van der Waals surface area contributed by atoms with Gasteiger partial charge in [-0.2, -0.15) is 0 Å². The summed E-state index contributed by atoms with van der Waals surface area (Å²) in [7, 11) is 1.31. The maximum Gasteiger partial charge on any atom is 0.407 e. The van der Waals surface area contributed by atoms with E-state index in [1.165, 1.54) is 13.5 Å². The molecule has 0 heterocycles. The fraction of sp³-hybridized carbons (Fsp3) is 0.818. The number of nitrogens with one attached hydrogen (secondary N) is 1. The molecule has 1 aliphatic carbocycles. The van der Waals surface area contributed by atoms with Crippen molar-refractivity contribution in [2.75, 3.05) is 12.4 Å². The van der Waals surface area contributed by atoms with E-state index < -0.39 is 12.1 Å². The maximum atomic E-state index is 11.7. The van der Waals surface area contributed by atoms with Gasteiger partial charge in [-0.15, -0.1) is 0 Å². The van der Waals surface area contributed by atoms with E-state index in [1.54, 1.807) is 0 Å². The van der Waals surface area contributed by atoms with E-state index in [0.29, 0.717) is 0 Å². The Hall–Kier alpha value is -0.580. The Bertz CT molecular complexity index is 252. The fourth-order valence-electron chi connectivity index (χ4n) is 2.20. The molecule has 1 unspecified atom stereocenters. The minimum Gasteiger partial charge on any atom is -0.453 e. The number of hydrogen-bond donors (Lipinski definition) is 1. The van der Waals surface area contributed by atoms with Crippen LogP contribution in [-0.4, -0.2) is 30.4 Å². The van der Waals surface area contributed by atoms with Crippen molar-refractivity contribution >= 4 is 27.8 Å². The molecule has 1 aliphatic rings. The molecule has 1 saturated carbocycles. The Labute approximate surface area is 104 Å². The lowest BCUT2D eigenvalue weighted by molar-refractivity contribution is -0.119. The summed E-state index contributed by atoms with van der Waals surface area (Å²) in [5, 5.41) is 2.92. The molecular weight excluding hydrogens is 274 g/mol. The number of alkyl halides is 1. The molecule has 1 N–H and O–H groups in total. The summed E-state index contributed by atoms with van der Waals surface area (Å²) in [6, 6.07) is -0.396. The largest absolute Gasteiger partial charge is 0.453 e. The molecule has 0 aromatic carbocycles. The third-order valence-corrected chi connectivity index (χ3v) is 3.61. The topological polar surface area (TPSA) is 55.4 Å². The van der Waals surface area contributed by atoms with Gasteiger partial charge in [-0.05, 0) is 18.8 Å². The average molecular weight is 292 g/mol. The van der Waals surface area contributed by atoms with Crippen molar-refractivity contribution in [2.45, 2.75) is 38.1 Å². The molecule has 0 saturated heterocycles. The molecule has 16 heavy (non-hydrogen) atoms. The van der Waals surface area contributed by atoms with E-state index in [-0.39, 0.29) is 17.0 Å². The van der Waals surface area contributed by atoms with Crippen molar-refractivity contribution in [1.82, 2.24) is 5.32 Å². The van der Waals surface area contributed by atoms with Gasteiger partial charge in [-0.25, -0.2) is 4.79 Å². The molecule has 0 aromatic heterocycles. The number of carbonyl (C=O) groups is 2. The standard InChI is InChI=1S/C11H18BrNO3/c1-16-11(15)13-10(9(14)7-12)8-5-3-2-4-6-8/h8,10H,2-7H2,1H3,(H,13,15). The van der Waals surface area contributed by atoms with Gasteiger partial charge in [0, 0.05) is 0 Å². The van der Waals surface area contributed by atoms with Gasteiger partial charge >= 0.3 is 6.09 Å². The molecule has 1 rings (SSSR count). The van der Waals surface area contributed by atoms with E-state index >= 15 is 0 Å². The van der Waals surface area contributed by atoms with E-state index in [4.69, 9.17) is 0 Å². The minimum absolute atomic E-state index is 0.0253. The minimum atomic E-state index is -0.523. The second-order valence-corrected chi connectivity index (χ2v) is 4.67. The van der Waals surface area contributed by atoms with Crippen molar-refractivity contribution in [1.29, 1.82) is 0 Å². The van der Waals surface area contributed by atoms with Gasteiger partial charge in [-0.1, -0.05) is 35.2 Å². The molecular formula is C11H18BrNO3. The number of alkyl carbamates (subject to hydrolysis) is 1. The summed E-state index contributed by atoms with van der Waals surface area (Å²) in [6.07, 6.45) is 4.99. The first-order chi connectivity index (χ1) is 7.69. The second-order valence-electron chi connectivity index (χ2n) is 4.11. The third kappa shape index (κ3) is 3.77. The van der Waals surface area contributed by atoms with E-state index in [9.17, 15) is 9.59 Å². The van der Waals surface area contributed by atoms with Crippen molar-refractivity contribution < 1.29 is 14.3 Å². The monoisotopic (exact) mass is 291 g/mol. The van der Waals surface area contributed by atoms with Gasteiger partial charge in [0.25, 0.3) is 0 Å². The number of ketones is 1. The lowest BCUT2D eigenvalue weighted by Gasteiger charge is -2.29. The van der Waals surface area contributed by atoms with Crippen LogP contribution in [-0.2, 0) is 9.53 Å². The molecule has 0 bridgehead atoms. The number of hydrogen-bond acceptors (Lipinski definition) is 3. The molecule has 5 heteroatoms. The normalized spacial score (nSPS) is 18.9. The highest BCUT2D eigenvalue weighted by atomic mass is 79.9. The van der Waals surface area contributed by atoms with Gasteiger partial charge in [0.15, 0.2) is 5.78 Å². The zero-order chi connectivity index (χ0) is 12.0. The summed E-state index contributed by atoms with van der Waals surface area (Å²) in [5.74, 6) is 0.287. The van der Waals surface area contributed by atoms with Crippen LogP contribution in [0.4, 0.5) is 4.79 Å². The van der Waals surface area contributed by atoms with Gasteiger partial charge in [-0.3, -0.25) is 4.79 Å². The molecule has 0 radical (unpaired) electrons. The smallest absolute Gasteiger partial charge is 0.407 e. The Kier molecular flexibility index (Phi) is 5.80. The summed E-state index contributed by atoms with van der Waals surface area (Å²) in [6.45, 7) is 0. The van der Waals surface area contributed by atoms with Crippen molar-refractivity contribution in [3.63, 3.8) is 0 Å². The van der Waals surface area contributed by atoms with Crippen LogP contribution in [0.25, 0.3) is 0 Å². The number of ether oxygens (including phenoxy) is 1. The van der Waals surface area contributed by atoms with Crippen LogP contribution in [0.1, 0.15) is 32.1 Å². The van der Waals surface area contributed by atoms with Crippen LogP contribution in [0, 0.1) is 5.92 Å². The van der Waals surface area contributed by atoms with Gasteiger partial charge in [0.1, 0.15) is 0 Å². The fourth-order valence-corrected chi connectivity index (χ4v) is 2.55. The van der Waals surface area contributed by atoms with Crippen molar-refractivity contribution in [2.24, 2.45) is 5.92 Å². The number of rotatable bonds is 4. The second kappa shape index (κ2) is 6.89. The van der Waals surface area contributed by atoms with E-state index in [0.717, 1.165) is 25.7 Å². The first-order valence-corrected chi connectivity index (χ1v) is 6.74. The van der Waals surface area contributed by atoms with Crippen molar-refractivity contribution in [3.05, 3.63) is 0 Å². The number of methoxy groups -OCH3 is 1. The van der Waals surface area contributed by atoms with E-state index in [1.807, 2.05) is 0 Å². The first kappa shape index (κ1) is 13.5. The molecule has 1 fully saturated rings. The van der Waals surface area contributed by atoms with Crippen LogP contribution in [0.5, 0.6) is 0 Å². The molecule has 0 aromatic rings. The first-order valence-electron chi connectivity index (χ1n) is 5.62. The number of Topliss-reactive ketones (excluding diaryl/α,β-unsaturated/α-hetero) is 1. The molecule has 1 atom stereocenters. The summed E-state index contributed by atoms with van der Waals surface area (Å²) in [5.41, 5.74) is 0. The van der Waals surface area contributed by atoms with Gasteiger partial charge in [0.05, 0.1) is 18.5 Å². The Balaban J connectivity index is 2.61. The van der Waals surface area contributed by atoms with E-state index in [2.05, 4.69) is 26.0 Å². The highest BCUT2D eigenvalue weighted by Crippen LogP contribution is 2.27. The highest BCUT2D eigenvalue weighted by molar-refractivity contribution is 9.09. The summed E-state index contributed by atoms with van der Waals surface area (Å²) in [4.78, 5) is 22.9. The summed E-state index contributed by atoms with van der Waals surface area (Å²) < 4.78 is 4.55. The highest BCUT2D eigenvalue weighted by Gasteiger charge is 2.30. The van der Waals surface area contributed by atoms with Crippen molar-refractivity contribution in [3.8, 4) is 0 Å². The Morgan fingerprint density at radius 2 is 2.00 bits per heavy atom. The van der Waals surface area contributed by atoms with Gasteiger partial charge < -0.3 is 10.1 Å². The molecule has 92 valence electrons. The molecule has 1 amide bonds. The lowest BCUT2D eigenvalue weighted by Crippen LogP contribution is -2.47. The zero-order valence-corrected chi connectivity index (χ0v) is 11.1. The van der Waals surface area contributed by atoms with Crippen LogP contribution >= 0.6 is 15.9 Å². The van der Waals surface area contributed by atoms with Crippen LogP contribution in [0.15, 0.2) is 0 Å². The summed E-state index contributed by atoms with van der Waals surface area (Å²) >= 11 is 3.15. The number of carbonyl (C=O) groups excluding carboxylic acids is 2. The molecule has 0 aliphatic heterocycles. The van der Waals surface area contributed by atoms with Gasteiger partial charge in [0.2, 0.25) is 0 Å². The Morgan fingerprint density at radius 3 is 2.50 bits per heavy atom. The predicted octanol–water partition coefficient (Wildman–Crippen LogP) is 2.26. The predicted molar refractivity (Wildman–Crippen MR) is 64.7 cm³/mol. The quantitative estimate of drug-likeness (QED) is 0.809.